The zero-order chi connectivity index (χ0) is 9.02. The van der Waals surface area contributed by atoms with Crippen molar-refractivity contribution in [3.8, 4) is 0 Å². The molecule has 6 nitrogen and oxygen atoms in total. The summed E-state index contributed by atoms with van der Waals surface area (Å²) in [6, 6.07) is 0. The minimum atomic E-state index is -2.89. The van der Waals surface area contributed by atoms with Gasteiger partial charge in [-0.25, -0.2) is 0 Å². The second kappa shape index (κ2) is 4.05. The van der Waals surface area contributed by atoms with Gasteiger partial charge in [0.2, 0.25) is 5.78 Å². The summed E-state index contributed by atoms with van der Waals surface area (Å²) in [6.45, 7) is 0.978. The summed E-state index contributed by atoms with van der Waals surface area (Å²) < 4.78 is 0. The summed E-state index contributed by atoms with van der Waals surface area (Å²) in [7, 11) is -2.89. The van der Waals surface area contributed by atoms with Crippen molar-refractivity contribution >= 4 is 25.4 Å². The van der Waals surface area contributed by atoms with Crippen LogP contribution in [0.25, 0.3) is 5.53 Å². The van der Waals surface area contributed by atoms with E-state index in [4.69, 9.17) is 15.3 Å². The van der Waals surface area contributed by atoms with E-state index in [1.807, 2.05) is 0 Å². The van der Waals surface area contributed by atoms with Crippen molar-refractivity contribution in [1.82, 2.24) is 0 Å². The van der Waals surface area contributed by atoms with Crippen molar-refractivity contribution in [2.24, 2.45) is 0 Å². The van der Waals surface area contributed by atoms with E-state index in [-0.39, 0.29) is 0 Å². The number of hydrogen-bond acceptors (Lipinski definition) is 4. The van der Waals surface area contributed by atoms with Gasteiger partial charge < -0.3 is 15.3 Å². The maximum atomic E-state index is 10.5. The zero-order valence-corrected chi connectivity index (χ0v) is 6.45. The van der Waals surface area contributed by atoms with Crippen LogP contribution in [-0.2, 0) is 9.59 Å². The first kappa shape index (κ1) is 10.1. The van der Waals surface area contributed by atoms with Crippen LogP contribution in [0.1, 0.15) is 6.92 Å². The molecular weight excluding hydrogens is 171 g/mol. The minimum Gasteiger partial charge on any atom is -0.360 e. The first-order chi connectivity index (χ1) is 5.00. The standard InChI is InChI=1S/C4H5N2O4P/c1-2(7)3(6-5)4(8)11(9)10/h9-10H,1H3. The Morgan fingerprint density at radius 1 is 1.45 bits per heavy atom. The van der Waals surface area contributed by atoms with Gasteiger partial charge in [-0.1, -0.05) is 0 Å². The van der Waals surface area contributed by atoms with E-state index in [0.717, 1.165) is 6.92 Å². The molecule has 0 aromatic rings. The van der Waals surface area contributed by atoms with Crippen LogP contribution in [0.5, 0.6) is 0 Å². The van der Waals surface area contributed by atoms with Crippen molar-refractivity contribution in [1.29, 1.82) is 0 Å². The van der Waals surface area contributed by atoms with E-state index in [1.54, 1.807) is 0 Å². The van der Waals surface area contributed by atoms with Gasteiger partial charge in [-0.15, -0.1) is 0 Å². The van der Waals surface area contributed by atoms with Crippen LogP contribution < -0.4 is 0 Å². The Bertz CT molecular complexity index is 242. The normalized spacial score (nSPS) is 9.09. The van der Waals surface area contributed by atoms with Gasteiger partial charge in [-0.2, -0.15) is 4.79 Å². The SMILES string of the molecule is CC(=O)C(=[N+]=[N-])C(=O)P(O)O. The molecule has 0 aliphatic heterocycles. The van der Waals surface area contributed by atoms with Gasteiger partial charge in [0, 0.05) is 6.92 Å². The number of carbonyl (C=O) groups is 2. The molecule has 0 saturated carbocycles. The average molecular weight is 176 g/mol. The summed E-state index contributed by atoms with van der Waals surface area (Å²) in [4.78, 5) is 39.8. The van der Waals surface area contributed by atoms with E-state index < -0.39 is 25.4 Å². The third kappa shape index (κ3) is 2.65. The molecule has 0 aliphatic rings. The van der Waals surface area contributed by atoms with Crippen molar-refractivity contribution in [3.63, 3.8) is 0 Å². The van der Waals surface area contributed by atoms with E-state index in [2.05, 4.69) is 4.79 Å². The number of hydrogen-bond donors (Lipinski definition) is 2. The van der Waals surface area contributed by atoms with E-state index in [1.165, 1.54) is 0 Å². The average Bonchev–Trinajstić information content (AvgIpc) is 1.88. The fourth-order valence-corrected chi connectivity index (χ4v) is 0.750. The van der Waals surface area contributed by atoms with Crippen molar-refractivity contribution in [3.05, 3.63) is 5.53 Å². The highest BCUT2D eigenvalue weighted by atomic mass is 31.2. The van der Waals surface area contributed by atoms with Crippen molar-refractivity contribution < 1.29 is 24.2 Å². The highest BCUT2D eigenvalue weighted by Crippen LogP contribution is 2.24. The van der Waals surface area contributed by atoms with Gasteiger partial charge in [0.1, 0.15) is 0 Å². The Balaban J connectivity index is 4.70. The minimum absolute atomic E-state index is 0.812. The molecule has 0 bridgehead atoms. The number of Topliss-reactive ketones (excluding diaryl/α,β-unsaturated/α-hetero) is 1. The Morgan fingerprint density at radius 2 is 1.91 bits per heavy atom. The third-order valence-electron chi connectivity index (χ3n) is 0.818. The van der Waals surface area contributed by atoms with Crippen LogP contribution in [0.2, 0.25) is 0 Å². The van der Waals surface area contributed by atoms with Crippen molar-refractivity contribution in [2.75, 3.05) is 0 Å². The highest BCUT2D eigenvalue weighted by molar-refractivity contribution is 7.68. The fourth-order valence-electron chi connectivity index (χ4n) is 0.358. The molecule has 0 atom stereocenters. The summed E-state index contributed by atoms with van der Waals surface area (Å²) in [5.74, 6) is -0.812. The number of rotatable bonds is 3. The number of ketones is 1. The largest absolute Gasteiger partial charge is 0.409 e. The molecule has 11 heavy (non-hydrogen) atoms. The molecule has 0 spiro atoms. The molecule has 0 rings (SSSR count). The van der Waals surface area contributed by atoms with Gasteiger partial charge in [-0.3, -0.25) is 9.59 Å². The fraction of sp³-hybridized carbons (Fsp3) is 0.250. The summed E-state index contributed by atoms with van der Waals surface area (Å²) >= 11 is 0. The van der Waals surface area contributed by atoms with Gasteiger partial charge in [-0.05, 0) is 0 Å². The maximum Gasteiger partial charge on any atom is 0.409 e. The van der Waals surface area contributed by atoms with Gasteiger partial charge in [0.15, 0.2) is 0 Å². The number of carbonyl (C=O) groups excluding carboxylic acids is 2. The first-order valence-corrected chi connectivity index (χ1v) is 3.70. The van der Waals surface area contributed by atoms with Gasteiger partial charge in [0.05, 0.1) is 0 Å². The predicted octanol–water partition coefficient (Wildman–Crippen LogP) is -0.931. The van der Waals surface area contributed by atoms with Gasteiger partial charge in [0.25, 0.3) is 8.38 Å². The number of nitrogens with zero attached hydrogens (tertiary/aromatic N) is 2. The Hall–Kier alpha value is -0.930. The molecule has 60 valence electrons. The monoisotopic (exact) mass is 176 g/mol. The van der Waals surface area contributed by atoms with Crippen LogP contribution in [0, 0.1) is 0 Å². The second-order valence-electron chi connectivity index (χ2n) is 1.60. The van der Waals surface area contributed by atoms with E-state index in [0.29, 0.717) is 0 Å². The summed E-state index contributed by atoms with van der Waals surface area (Å²) in [5, 5.41) is 0. The lowest BCUT2D eigenvalue weighted by molar-refractivity contribution is -0.120. The van der Waals surface area contributed by atoms with Crippen LogP contribution >= 0.6 is 8.38 Å². The van der Waals surface area contributed by atoms with Crippen LogP contribution in [0.4, 0.5) is 0 Å². The molecule has 0 radical (unpaired) electrons. The molecule has 2 N–H and O–H groups in total. The van der Waals surface area contributed by atoms with Crippen LogP contribution in [0.3, 0.4) is 0 Å². The third-order valence-corrected chi connectivity index (χ3v) is 1.39. The topological polar surface area (TPSA) is 111 Å². The Labute approximate surface area is 63.0 Å². The molecule has 0 heterocycles. The lowest BCUT2D eigenvalue weighted by atomic mass is 10.3. The molecule has 0 unspecified atom stereocenters. The summed E-state index contributed by atoms with van der Waals surface area (Å²) in [5.41, 5.74) is 5.95. The second-order valence-corrected chi connectivity index (χ2v) is 2.58. The molecule has 0 fully saturated rings. The maximum absolute atomic E-state index is 10.5. The molecule has 0 aromatic carbocycles. The summed E-state index contributed by atoms with van der Waals surface area (Å²) in [6.07, 6.45) is 0. The van der Waals surface area contributed by atoms with Crippen molar-refractivity contribution in [2.45, 2.75) is 6.92 Å². The quantitative estimate of drug-likeness (QED) is 0.190. The van der Waals surface area contributed by atoms with Gasteiger partial charge >= 0.3 is 11.2 Å². The predicted molar refractivity (Wildman–Crippen MR) is 35.7 cm³/mol. The Morgan fingerprint density at radius 3 is 2.00 bits per heavy atom. The van der Waals surface area contributed by atoms with Crippen LogP contribution in [-0.4, -0.2) is 31.6 Å². The smallest absolute Gasteiger partial charge is 0.360 e. The lowest BCUT2D eigenvalue weighted by Gasteiger charge is -1.91. The van der Waals surface area contributed by atoms with E-state index in [9.17, 15) is 9.59 Å². The molecule has 0 saturated heterocycles. The zero-order valence-electron chi connectivity index (χ0n) is 5.55. The van der Waals surface area contributed by atoms with E-state index >= 15 is 0 Å². The molecule has 7 heteroatoms. The molecule has 0 aromatic heterocycles. The molecule has 0 aliphatic carbocycles. The molecular formula is C4H5N2O4P. The lowest BCUT2D eigenvalue weighted by Crippen LogP contribution is -2.21. The highest BCUT2D eigenvalue weighted by Gasteiger charge is 2.31. The molecule has 0 amide bonds. The van der Waals surface area contributed by atoms with Crippen LogP contribution in [0.15, 0.2) is 0 Å². The Kier molecular flexibility index (Phi) is 3.71. The first-order valence-electron chi connectivity index (χ1n) is 2.46.